The van der Waals surface area contributed by atoms with Crippen molar-refractivity contribution in [1.82, 2.24) is 21.0 Å². The van der Waals surface area contributed by atoms with Crippen molar-refractivity contribution in [3.63, 3.8) is 0 Å². The van der Waals surface area contributed by atoms with Crippen LogP contribution >= 0.6 is 0 Å². The summed E-state index contributed by atoms with van der Waals surface area (Å²) in [5, 5.41) is 7.11. The summed E-state index contributed by atoms with van der Waals surface area (Å²) in [6, 6.07) is 9.64. The van der Waals surface area contributed by atoms with Gasteiger partial charge in [-0.15, -0.1) is 0 Å². The smallest absolute Gasteiger partial charge is 0.290 e. The third-order valence-corrected chi connectivity index (χ3v) is 3.72. The largest absolute Gasteiger partial charge is 0.298 e. The molecule has 0 radical (unpaired) electrons. The molecule has 0 unspecified atom stereocenters. The summed E-state index contributed by atoms with van der Waals surface area (Å²) < 4.78 is 0. The molecule has 5 nitrogen and oxygen atoms in total. The van der Waals surface area contributed by atoms with Crippen LogP contribution in [0.25, 0.3) is 5.70 Å². The van der Waals surface area contributed by atoms with Gasteiger partial charge in [-0.3, -0.25) is 20.7 Å². The monoisotopic (exact) mass is 282 g/mol. The lowest BCUT2D eigenvalue weighted by molar-refractivity contribution is 0.0936. The Kier molecular flexibility index (Phi) is 3.73. The Hall–Kier alpha value is -2.56. The Morgan fingerprint density at radius 3 is 2.71 bits per heavy atom. The zero-order valence-electron chi connectivity index (χ0n) is 11.8. The maximum atomic E-state index is 12.2. The molecule has 0 saturated carbocycles. The van der Waals surface area contributed by atoms with Crippen molar-refractivity contribution in [2.75, 3.05) is 0 Å². The van der Waals surface area contributed by atoms with Crippen LogP contribution in [0.1, 0.15) is 40.2 Å². The predicted molar refractivity (Wildman–Crippen MR) is 81.3 cm³/mol. The van der Waals surface area contributed by atoms with E-state index in [0.29, 0.717) is 11.4 Å². The van der Waals surface area contributed by atoms with E-state index in [9.17, 15) is 4.79 Å². The Bertz CT molecular complexity index is 660. The number of rotatable bonds is 4. The van der Waals surface area contributed by atoms with Gasteiger partial charge < -0.3 is 0 Å². The first-order valence-corrected chi connectivity index (χ1v) is 7.12. The molecule has 2 aromatic rings. The van der Waals surface area contributed by atoms with Crippen LogP contribution in [0.15, 0.2) is 36.9 Å². The van der Waals surface area contributed by atoms with Gasteiger partial charge in [-0.2, -0.15) is 5.10 Å². The number of nitrogens with zero attached hydrogens (tertiary/aromatic N) is 1. The molecule has 1 aliphatic carbocycles. The van der Waals surface area contributed by atoms with Crippen molar-refractivity contribution in [3.05, 3.63) is 59.4 Å². The minimum absolute atomic E-state index is 0.230. The first-order chi connectivity index (χ1) is 10.3. The minimum atomic E-state index is -0.230. The molecule has 1 aliphatic rings. The Labute approximate surface area is 123 Å². The number of nitrogens with one attached hydrogen (secondary N) is 3. The number of carbonyl (C=O) groups excluding carboxylic acids is 1. The summed E-state index contributed by atoms with van der Waals surface area (Å²) in [7, 11) is 0. The molecule has 0 atom stereocenters. The third kappa shape index (κ3) is 2.81. The molecule has 5 heteroatoms. The number of amides is 1. The lowest BCUT2D eigenvalue weighted by atomic mass is 9.96. The summed E-state index contributed by atoms with van der Waals surface area (Å²) >= 11 is 0. The first kappa shape index (κ1) is 13.4. The zero-order valence-corrected chi connectivity index (χ0v) is 11.8. The fraction of sp³-hybridized carbons (Fsp3) is 0.250. The van der Waals surface area contributed by atoms with Crippen LogP contribution in [0, 0.1) is 0 Å². The van der Waals surface area contributed by atoms with E-state index in [1.54, 1.807) is 0 Å². The molecule has 0 bridgehead atoms. The van der Waals surface area contributed by atoms with Crippen molar-refractivity contribution in [1.29, 1.82) is 0 Å². The normalized spacial score (nSPS) is 13.3. The van der Waals surface area contributed by atoms with Gasteiger partial charge in [0, 0.05) is 11.3 Å². The van der Waals surface area contributed by atoms with Gasteiger partial charge in [-0.1, -0.05) is 36.9 Å². The highest BCUT2D eigenvalue weighted by molar-refractivity contribution is 5.94. The van der Waals surface area contributed by atoms with Gasteiger partial charge in [-0.05, 0) is 31.2 Å². The van der Waals surface area contributed by atoms with Crippen molar-refractivity contribution < 1.29 is 4.79 Å². The first-order valence-electron chi connectivity index (χ1n) is 7.12. The molecular weight excluding hydrogens is 264 g/mol. The van der Waals surface area contributed by atoms with Crippen LogP contribution in [0.3, 0.4) is 0 Å². The zero-order chi connectivity index (χ0) is 14.7. The number of aromatic nitrogens is 2. The number of hydrogen-bond acceptors (Lipinski definition) is 3. The van der Waals surface area contributed by atoms with E-state index < -0.39 is 0 Å². The molecule has 1 aromatic heterocycles. The van der Waals surface area contributed by atoms with E-state index in [2.05, 4.69) is 27.6 Å². The highest BCUT2D eigenvalue weighted by Gasteiger charge is 2.21. The lowest BCUT2D eigenvalue weighted by Gasteiger charge is -2.13. The fourth-order valence-corrected chi connectivity index (χ4v) is 2.57. The van der Waals surface area contributed by atoms with Gasteiger partial charge in [0.25, 0.3) is 5.91 Å². The van der Waals surface area contributed by atoms with Gasteiger partial charge in [0.05, 0.1) is 5.70 Å². The molecule has 1 heterocycles. The van der Waals surface area contributed by atoms with Crippen LogP contribution in [-0.2, 0) is 12.8 Å². The second-order valence-corrected chi connectivity index (χ2v) is 5.16. The Balaban J connectivity index is 1.65. The molecule has 3 N–H and O–H groups in total. The van der Waals surface area contributed by atoms with Gasteiger partial charge in [0.2, 0.25) is 0 Å². The molecule has 1 amide bonds. The average Bonchev–Trinajstić information content (AvgIpc) is 2.97. The van der Waals surface area contributed by atoms with Gasteiger partial charge in [0.15, 0.2) is 5.69 Å². The number of fused-ring (bicyclic) bond motifs is 1. The molecular formula is C16H18N4O. The predicted octanol–water partition coefficient (Wildman–Crippen LogP) is 2.19. The molecule has 0 fully saturated rings. The molecule has 0 aliphatic heterocycles. The second-order valence-electron chi connectivity index (χ2n) is 5.16. The highest BCUT2D eigenvalue weighted by Crippen LogP contribution is 2.21. The number of H-pyrrole nitrogens is 1. The molecule has 0 saturated heterocycles. The van der Waals surface area contributed by atoms with E-state index in [-0.39, 0.29) is 5.91 Å². The van der Waals surface area contributed by atoms with E-state index in [0.717, 1.165) is 42.5 Å². The van der Waals surface area contributed by atoms with Crippen LogP contribution in [0.2, 0.25) is 0 Å². The number of aromatic amines is 1. The summed E-state index contributed by atoms with van der Waals surface area (Å²) in [6.07, 6.45) is 4.14. The van der Waals surface area contributed by atoms with Crippen LogP contribution in [0.4, 0.5) is 0 Å². The number of benzene rings is 1. The third-order valence-electron chi connectivity index (χ3n) is 3.72. The summed E-state index contributed by atoms with van der Waals surface area (Å²) in [6.45, 7) is 3.91. The lowest BCUT2D eigenvalue weighted by Crippen LogP contribution is -2.36. The number of hydrazine groups is 1. The van der Waals surface area contributed by atoms with Gasteiger partial charge in [-0.25, -0.2) is 0 Å². The summed E-state index contributed by atoms with van der Waals surface area (Å²) in [4.78, 5) is 12.2. The second kappa shape index (κ2) is 5.83. The molecule has 0 spiro atoms. The standard InChI is InChI=1S/C16H18N4O/c1-11(12-7-3-2-4-8-12)17-20-16(21)15-13-9-5-6-10-14(13)18-19-15/h2-4,7-8,17H,1,5-6,9-10H2,(H,18,19)(H,20,21). The summed E-state index contributed by atoms with van der Waals surface area (Å²) in [5.41, 5.74) is 9.71. The molecule has 1 aromatic carbocycles. The quantitative estimate of drug-likeness (QED) is 0.753. The van der Waals surface area contributed by atoms with Crippen LogP contribution < -0.4 is 10.9 Å². The molecule has 21 heavy (non-hydrogen) atoms. The maximum absolute atomic E-state index is 12.2. The van der Waals surface area contributed by atoms with E-state index in [1.165, 1.54) is 0 Å². The Morgan fingerprint density at radius 2 is 1.90 bits per heavy atom. The number of aryl methyl sites for hydroxylation is 1. The summed E-state index contributed by atoms with van der Waals surface area (Å²) in [5.74, 6) is -0.230. The van der Waals surface area contributed by atoms with Crippen molar-refractivity contribution in [2.45, 2.75) is 25.7 Å². The molecule has 3 rings (SSSR count). The number of hydrogen-bond donors (Lipinski definition) is 3. The van der Waals surface area contributed by atoms with E-state index >= 15 is 0 Å². The van der Waals surface area contributed by atoms with E-state index in [4.69, 9.17) is 0 Å². The topological polar surface area (TPSA) is 69.8 Å². The van der Waals surface area contributed by atoms with Crippen molar-refractivity contribution in [2.24, 2.45) is 0 Å². The SMILES string of the molecule is C=C(NNC(=O)c1n[nH]c2c1CCCC2)c1ccccc1. The highest BCUT2D eigenvalue weighted by atomic mass is 16.2. The maximum Gasteiger partial charge on any atom is 0.290 e. The fourth-order valence-electron chi connectivity index (χ4n) is 2.57. The van der Waals surface area contributed by atoms with Crippen molar-refractivity contribution in [3.8, 4) is 0 Å². The minimum Gasteiger partial charge on any atom is -0.298 e. The number of carbonyl (C=O) groups is 1. The average molecular weight is 282 g/mol. The van der Waals surface area contributed by atoms with E-state index in [1.807, 2.05) is 30.3 Å². The van der Waals surface area contributed by atoms with Crippen LogP contribution in [0.5, 0.6) is 0 Å². The molecule has 108 valence electrons. The Morgan fingerprint density at radius 1 is 1.14 bits per heavy atom. The van der Waals surface area contributed by atoms with Crippen molar-refractivity contribution >= 4 is 11.6 Å². The van der Waals surface area contributed by atoms with Gasteiger partial charge >= 0.3 is 0 Å². The van der Waals surface area contributed by atoms with Gasteiger partial charge in [0.1, 0.15) is 0 Å². The van der Waals surface area contributed by atoms with Crippen LogP contribution in [-0.4, -0.2) is 16.1 Å².